The van der Waals surface area contributed by atoms with Crippen LogP contribution in [0.3, 0.4) is 0 Å². The first kappa shape index (κ1) is 21.4. The zero-order valence-electron chi connectivity index (χ0n) is 16.7. The summed E-state index contributed by atoms with van der Waals surface area (Å²) in [4.78, 5) is 23.8. The van der Waals surface area contributed by atoms with E-state index in [0.717, 1.165) is 5.69 Å². The fraction of sp³-hybridized carbons (Fsp3) is 0.238. The van der Waals surface area contributed by atoms with E-state index in [9.17, 15) is 20.2 Å². The molecule has 8 nitrogen and oxygen atoms in total. The minimum atomic E-state index is -0.608. The summed E-state index contributed by atoms with van der Waals surface area (Å²) in [5.41, 5.74) is 1.44. The van der Waals surface area contributed by atoms with E-state index in [2.05, 4.69) is 6.58 Å². The lowest BCUT2D eigenvalue weighted by Gasteiger charge is -2.09. The number of nitro groups is 1. The molecule has 0 aliphatic rings. The van der Waals surface area contributed by atoms with Gasteiger partial charge in [-0.3, -0.25) is 14.9 Å². The third-order valence-corrected chi connectivity index (χ3v) is 4.52. The van der Waals surface area contributed by atoms with Crippen LogP contribution in [-0.2, 0) is 6.54 Å². The normalized spacial score (nSPS) is 10.9. The smallest absolute Gasteiger partial charge is 0.280 e. The van der Waals surface area contributed by atoms with Gasteiger partial charge >= 0.3 is 0 Å². The summed E-state index contributed by atoms with van der Waals surface area (Å²) >= 11 is 0. The number of hydrogen-bond acceptors (Lipinski definition) is 6. The van der Waals surface area contributed by atoms with Gasteiger partial charge in [-0.05, 0) is 32.1 Å². The van der Waals surface area contributed by atoms with E-state index in [1.165, 1.54) is 32.4 Å². The molecule has 2 aromatic rings. The quantitative estimate of drug-likeness (QED) is 0.167. The van der Waals surface area contributed by atoms with Crippen LogP contribution in [-0.4, -0.2) is 29.5 Å². The molecule has 0 spiro atoms. The Kier molecular flexibility index (Phi) is 6.57. The first-order valence-electron chi connectivity index (χ1n) is 8.63. The lowest BCUT2D eigenvalue weighted by Crippen LogP contribution is -2.06. The van der Waals surface area contributed by atoms with E-state index in [1.54, 1.807) is 19.1 Å². The summed E-state index contributed by atoms with van der Waals surface area (Å²) in [6.07, 6.45) is 2.91. The number of rotatable bonds is 8. The summed E-state index contributed by atoms with van der Waals surface area (Å²) in [6, 6.07) is 6.10. The molecule has 0 unspecified atom stereocenters. The Hall–Kier alpha value is -3.86. The number of nitro benzene ring substituents is 1. The first-order chi connectivity index (χ1) is 13.8. The summed E-state index contributed by atoms with van der Waals surface area (Å²) in [7, 11) is 2.75. The van der Waals surface area contributed by atoms with Crippen molar-refractivity contribution in [2.75, 3.05) is 14.2 Å². The average molecular weight is 395 g/mol. The highest BCUT2D eigenvalue weighted by molar-refractivity contribution is 6.15. The van der Waals surface area contributed by atoms with E-state index in [-0.39, 0.29) is 28.3 Å². The van der Waals surface area contributed by atoms with Crippen LogP contribution in [0.1, 0.15) is 27.3 Å². The number of Topliss-reactive ketones (excluding diaryl/α,β-unsaturated/α-hetero) is 1. The highest BCUT2D eigenvalue weighted by Gasteiger charge is 2.23. The Balaban J connectivity index is 2.62. The Bertz CT molecular complexity index is 1060. The molecule has 0 N–H and O–H groups in total. The number of carbonyl (C=O) groups excluding carboxylic acids is 1. The molecule has 1 aromatic heterocycles. The van der Waals surface area contributed by atoms with Gasteiger partial charge in [-0.15, -0.1) is 6.58 Å². The number of allylic oxidation sites excluding steroid dienone is 2. The third-order valence-electron chi connectivity index (χ3n) is 4.52. The fourth-order valence-corrected chi connectivity index (χ4v) is 3.05. The van der Waals surface area contributed by atoms with Crippen LogP contribution in [0, 0.1) is 35.3 Å². The molecule has 0 amide bonds. The van der Waals surface area contributed by atoms with Crippen molar-refractivity contribution < 1.29 is 19.2 Å². The van der Waals surface area contributed by atoms with E-state index >= 15 is 0 Å². The molecule has 0 fully saturated rings. The van der Waals surface area contributed by atoms with Crippen LogP contribution in [0.5, 0.6) is 11.5 Å². The van der Waals surface area contributed by atoms with Gasteiger partial charge in [-0.2, -0.15) is 5.26 Å². The molecule has 1 heterocycles. The number of ether oxygens (including phenoxy) is 2. The van der Waals surface area contributed by atoms with Gasteiger partial charge in [0.05, 0.1) is 30.8 Å². The van der Waals surface area contributed by atoms with Gasteiger partial charge in [0, 0.05) is 23.5 Å². The number of benzene rings is 1. The average Bonchev–Trinajstić information content (AvgIpc) is 2.99. The van der Waals surface area contributed by atoms with Crippen molar-refractivity contribution >= 4 is 17.5 Å². The topological polar surface area (TPSA) is 107 Å². The zero-order valence-corrected chi connectivity index (χ0v) is 16.7. The van der Waals surface area contributed by atoms with E-state index in [0.29, 0.717) is 17.8 Å². The van der Waals surface area contributed by atoms with Crippen molar-refractivity contribution in [1.29, 1.82) is 5.26 Å². The standard InChI is InChI=1S/C21H21N3O5/c1-6-7-23-13(2)8-17(14(23)3)21(25)16(12-22)9-15-10-19(28-4)20(29-5)11-18(15)24(26)27/h6,8-11H,1,7H2,2-5H3/b16-9-. The van der Waals surface area contributed by atoms with Crippen molar-refractivity contribution in [2.45, 2.75) is 20.4 Å². The van der Waals surface area contributed by atoms with Crippen molar-refractivity contribution in [2.24, 2.45) is 0 Å². The summed E-state index contributed by atoms with van der Waals surface area (Å²) in [5, 5.41) is 21.0. The zero-order chi connectivity index (χ0) is 21.7. The number of carbonyl (C=O) groups is 1. The van der Waals surface area contributed by atoms with Crippen LogP contribution < -0.4 is 9.47 Å². The molecule has 0 saturated carbocycles. The molecule has 1 aromatic carbocycles. The summed E-state index contributed by atoms with van der Waals surface area (Å²) < 4.78 is 12.2. The second-order valence-corrected chi connectivity index (χ2v) is 6.21. The van der Waals surface area contributed by atoms with Gasteiger partial charge < -0.3 is 14.0 Å². The Labute approximate surface area is 168 Å². The number of methoxy groups -OCH3 is 2. The lowest BCUT2D eigenvalue weighted by atomic mass is 10.0. The predicted molar refractivity (Wildman–Crippen MR) is 108 cm³/mol. The number of ketones is 1. The highest BCUT2D eigenvalue weighted by Crippen LogP contribution is 2.35. The van der Waals surface area contributed by atoms with Crippen LogP contribution in [0.15, 0.2) is 36.4 Å². The minimum Gasteiger partial charge on any atom is -0.493 e. The Morgan fingerprint density at radius 1 is 1.28 bits per heavy atom. The van der Waals surface area contributed by atoms with Crippen LogP contribution in [0.25, 0.3) is 6.08 Å². The summed E-state index contributed by atoms with van der Waals surface area (Å²) in [5.74, 6) is -0.0904. The maximum atomic E-state index is 13.0. The number of nitriles is 1. The second kappa shape index (κ2) is 8.89. The van der Waals surface area contributed by atoms with Gasteiger partial charge in [0.2, 0.25) is 5.78 Å². The van der Waals surface area contributed by atoms with Crippen LogP contribution >= 0.6 is 0 Å². The van der Waals surface area contributed by atoms with Crippen molar-refractivity contribution in [3.63, 3.8) is 0 Å². The number of aromatic nitrogens is 1. The van der Waals surface area contributed by atoms with E-state index in [4.69, 9.17) is 9.47 Å². The first-order valence-corrected chi connectivity index (χ1v) is 8.63. The van der Waals surface area contributed by atoms with Crippen molar-refractivity contribution in [3.05, 3.63) is 69.1 Å². The molecule has 0 aliphatic carbocycles. The Morgan fingerprint density at radius 3 is 2.41 bits per heavy atom. The second-order valence-electron chi connectivity index (χ2n) is 6.21. The molecule has 2 rings (SSSR count). The molecule has 150 valence electrons. The fourth-order valence-electron chi connectivity index (χ4n) is 3.05. The third kappa shape index (κ3) is 4.19. The molecule has 0 saturated heterocycles. The number of hydrogen-bond donors (Lipinski definition) is 0. The maximum absolute atomic E-state index is 13.0. The van der Waals surface area contributed by atoms with Crippen LogP contribution in [0.2, 0.25) is 0 Å². The van der Waals surface area contributed by atoms with Gasteiger partial charge in [0.15, 0.2) is 11.5 Å². The summed E-state index contributed by atoms with van der Waals surface area (Å²) in [6.45, 7) is 7.85. The lowest BCUT2D eigenvalue weighted by molar-refractivity contribution is -0.385. The largest absolute Gasteiger partial charge is 0.493 e. The van der Waals surface area contributed by atoms with Gasteiger partial charge in [-0.25, -0.2) is 0 Å². The Morgan fingerprint density at radius 2 is 1.90 bits per heavy atom. The SMILES string of the molecule is C=CCn1c(C)cc(C(=O)/C(C#N)=C\c2cc(OC)c(OC)cc2[N+](=O)[O-])c1C. The van der Waals surface area contributed by atoms with Gasteiger partial charge in [0.1, 0.15) is 11.6 Å². The van der Waals surface area contributed by atoms with E-state index < -0.39 is 10.7 Å². The molecule has 8 heteroatoms. The minimum absolute atomic E-state index is 0.0671. The van der Waals surface area contributed by atoms with Gasteiger partial charge in [0.25, 0.3) is 5.69 Å². The highest BCUT2D eigenvalue weighted by atomic mass is 16.6. The number of aryl methyl sites for hydroxylation is 1. The monoisotopic (exact) mass is 395 g/mol. The molecule has 0 atom stereocenters. The molecule has 0 bridgehead atoms. The van der Waals surface area contributed by atoms with Gasteiger partial charge in [-0.1, -0.05) is 6.08 Å². The predicted octanol–water partition coefficient (Wildman–Crippen LogP) is 4.01. The molecular weight excluding hydrogens is 374 g/mol. The maximum Gasteiger partial charge on any atom is 0.280 e. The number of nitrogens with zero attached hydrogens (tertiary/aromatic N) is 3. The van der Waals surface area contributed by atoms with Crippen LogP contribution in [0.4, 0.5) is 5.69 Å². The molecular formula is C21H21N3O5. The van der Waals surface area contributed by atoms with Crippen molar-refractivity contribution in [3.8, 4) is 17.6 Å². The molecule has 0 radical (unpaired) electrons. The van der Waals surface area contributed by atoms with E-state index in [1.807, 2.05) is 17.6 Å². The molecule has 29 heavy (non-hydrogen) atoms. The molecule has 0 aliphatic heterocycles. The van der Waals surface area contributed by atoms with Crippen molar-refractivity contribution in [1.82, 2.24) is 4.57 Å².